The van der Waals surface area contributed by atoms with Gasteiger partial charge in [0.25, 0.3) is 0 Å². The van der Waals surface area contributed by atoms with Crippen molar-refractivity contribution in [2.75, 3.05) is 12.4 Å². The Balaban J connectivity index is 2.22. The molecule has 0 spiro atoms. The van der Waals surface area contributed by atoms with Crippen LogP contribution in [0.5, 0.6) is 0 Å². The second-order valence-electron chi connectivity index (χ2n) is 2.78. The summed E-state index contributed by atoms with van der Waals surface area (Å²) in [6.07, 6.45) is 3.15. The molecule has 0 saturated carbocycles. The molecule has 0 fully saturated rings. The van der Waals surface area contributed by atoms with Gasteiger partial charge in [0.15, 0.2) is 0 Å². The summed E-state index contributed by atoms with van der Waals surface area (Å²) in [5, 5.41) is 12.2. The number of nitrogens with zero attached hydrogens (tertiary/aromatic N) is 4. The number of rotatable bonds is 3. The molecule has 2 aromatic heterocycles. The van der Waals surface area contributed by atoms with E-state index in [0.717, 1.165) is 10.1 Å². The molecule has 1 N–H and O–H groups in total. The highest BCUT2D eigenvalue weighted by atomic mass is 32.1. The quantitative estimate of drug-likeness (QED) is 0.803. The minimum absolute atomic E-state index is 0.279. The van der Waals surface area contributed by atoms with Gasteiger partial charge in [-0.25, -0.2) is 9.78 Å². The highest BCUT2D eigenvalue weighted by molar-refractivity contribution is 7.15. The molecule has 7 heteroatoms. The van der Waals surface area contributed by atoms with Crippen LogP contribution >= 0.6 is 11.3 Å². The van der Waals surface area contributed by atoms with Crippen LogP contribution < -0.4 is 11.0 Å². The first-order valence-electron chi connectivity index (χ1n) is 4.31. The summed E-state index contributed by atoms with van der Waals surface area (Å²) in [5.74, 6) is 0. The van der Waals surface area contributed by atoms with E-state index in [1.807, 2.05) is 0 Å². The van der Waals surface area contributed by atoms with Gasteiger partial charge < -0.3 is 5.32 Å². The standard InChI is InChI=1S/C8H9N5OS/c1-9-7-12-11-6(15-7)5-13-4-2-3-10-8(13)14/h2-4H,5H2,1H3,(H,9,12). The highest BCUT2D eigenvalue weighted by Crippen LogP contribution is 2.14. The zero-order chi connectivity index (χ0) is 10.7. The Morgan fingerprint density at radius 3 is 3.07 bits per heavy atom. The fourth-order valence-electron chi connectivity index (χ4n) is 1.07. The SMILES string of the molecule is CNc1nnc(Cn2cccnc2=O)s1. The molecule has 78 valence electrons. The molecule has 15 heavy (non-hydrogen) atoms. The second kappa shape index (κ2) is 4.18. The van der Waals surface area contributed by atoms with E-state index >= 15 is 0 Å². The van der Waals surface area contributed by atoms with Crippen LogP contribution in [0.25, 0.3) is 0 Å². The predicted octanol–water partition coefficient (Wildman–Crippen LogP) is 0.185. The molecule has 0 aliphatic rings. The van der Waals surface area contributed by atoms with Crippen LogP contribution in [0.3, 0.4) is 0 Å². The first-order chi connectivity index (χ1) is 7.29. The van der Waals surface area contributed by atoms with E-state index in [4.69, 9.17) is 0 Å². The molecule has 0 aliphatic carbocycles. The summed E-state index contributed by atoms with van der Waals surface area (Å²) >= 11 is 1.42. The van der Waals surface area contributed by atoms with Crippen molar-refractivity contribution >= 4 is 16.5 Å². The Labute approximate surface area is 89.6 Å². The first kappa shape index (κ1) is 9.78. The smallest absolute Gasteiger partial charge is 0.347 e. The second-order valence-corrected chi connectivity index (χ2v) is 3.84. The lowest BCUT2D eigenvalue weighted by Crippen LogP contribution is -2.21. The minimum atomic E-state index is -0.279. The van der Waals surface area contributed by atoms with E-state index in [0.29, 0.717) is 6.54 Å². The predicted molar refractivity (Wildman–Crippen MR) is 57.1 cm³/mol. The van der Waals surface area contributed by atoms with E-state index in [-0.39, 0.29) is 5.69 Å². The number of nitrogens with one attached hydrogen (secondary N) is 1. The molecular formula is C8H9N5OS. The van der Waals surface area contributed by atoms with Gasteiger partial charge in [-0.3, -0.25) is 4.57 Å². The van der Waals surface area contributed by atoms with Gasteiger partial charge in [0.2, 0.25) is 5.13 Å². The van der Waals surface area contributed by atoms with Crippen molar-refractivity contribution in [3.63, 3.8) is 0 Å². The fourth-order valence-corrected chi connectivity index (χ4v) is 1.76. The van der Waals surface area contributed by atoms with Crippen LogP contribution in [0, 0.1) is 0 Å². The van der Waals surface area contributed by atoms with E-state index in [1.54, 1.807) is 19.3 Å². The molecule has 0 aliphatic heterocycles. The Morgan fingerprint density at radius 2 is 2.40 bits per heavy atom. The third-order valence-electron chi connectivity index (χ3n) is 1.77. The maximum Gasteiger partial charge on any atom is 0.347 e. The molecule has 6 nitrogen and oxygen atoms in total. The molecule has 0 atom stereocenters. The zero-order valence-electron chi connectivity index (χ0n) is 8.04. The van der Waals surface area contributed by atoms with E-state index in [2.05, 4.69) is 20.5 Å². The molecule has 0 radical (unpaired) electrons. The van der Waals surface area contributed by atoms with Crippen molar-refractivity contribution in [1.29, 1.82) is 0 Å². The summed E-state index contributed by atoms with van der Waals surface area (Å²) in [6, 6.07) is 1.71. The van der Waals surface area contributed by atoms with Crippen LogP contribution in [0.2, 0.25) is 0 Å². The van der Waals surface area contributed by atoms with Crippen molar-refractivity contribution in [2.24, 2.45) is 0 Å². The number of hydrogen-bond donors (Lipinski definition) is 1. The fraction of sp³-hybridized carbons (Fsp3) is 0.250. The molecule has 2 aromatic rings. The lowest BCUT2D eigenvalue weighted by atomic mass is 10.6. The largest absolute Gasteiger partial charge is 0.363 e. The number of aromatic nitrogens is 4. The van der Waals surface area contributed by atoms with Crippen LogP contribution in [-0.2, 0) is 6.54 Å². The van der Waals surface area contributed by atoms with Crippen molar-refractivity contribution in [2.45, 2.75) is 6.54 Å². The summed E-state index contributed by atoms with van der Waals surface area (Å²) in [4.78, 5) is 14.9. The van der Waals surface area contributed by atoms with Gasteiger partial charge >= 0.3 is 5.69 Å². The maximum absolute atomic E-state index is 11.3. The van der Waals surface area contributed by atoms with E-state index < -0.39 is 0 Å². The van der Waals surface area contributed by atoms with Gasteiger partial charge in [-0.15, -0.1) is 10.2 Å². The number of anilines is 1. The van der Waals surface area contributed by atoms with Crippen LogP contribution in [0.1, 0.15) is 5.01 Å². The summed E-state index contributed by atoms with van der Waals surface area (Å²) < 4.78 is 1.49. The summed E-state index contributed by atoms with van der Waals surface area (Å²) in [5.41, 5.74) is -0.279. The van der Waals surface area contributed by atoms with Gasteiger partial charge in [-0.2, -0.15) is 0 Å². The van der Waals surface area contributed by atoms with Crippen LogP contribution in [0.4, 0.5) is 5.13 Å². The third-order valence-corrected chi connectivity index (χ3v) is 2.69. The lowest BCUT2D eigenvalue weighted by molar-refractivity contribution is 0.715. The Bertz CT molecular complexity index is 505. The van der Waals surface area contributed by atoms with Gasteiger partial charge in [0.05, 0.1) is 6.54 Å². The molecule has 0 amide bonds. The van der Waals surface area contributed by atoms with Crippen molar-refractivity contribution in [3.05, 3.63) is 34.0 Å². The molecule has 0 bridgehead atoms. The van der Waals surface area contributed by atoms with Crippen molar-refractivity contribution in [1.82, 2.24) is 19.7 Å². The molecule has 0 saturated heterocycles. The topological polar surface area (TPSA) is 72.7 Å². The van der Waals surface area contributed by atoms with E-state index in [1.165, 1.54) is 22.1 Å². The van der Waals surface area contributed by atoms with Crippen LogP contribution in [-0.4, -0.2) is 26.8 Å². The third kappa shape index (κ3) is 2.18. The monoisotopic (exact) mass is 223 g/mol. The molecular weight excluding hydrogens is 214 g/mol. The van der Waals surface area contributed by atoms with Gasteiger partial charge in [-0.1, -0.05) is 11.3 Å². The Kier molecular flexibility index (Phi) is 2.72. The zero-order valence-corrected chi connectivity index (χ0v) is 8.86. The summed E-state index contributed by atoms with van der Waals surface area (Å²) in [7, 11) is 1.78. The maximum atomic E-state index is 11.3. The normalized spacial score (nSPS) is 10.2. The average Bonchev–Trinajstić information content (AvgIpc) is 2.69. The molecule has 0 unspecified atom stereocenters. The van der Waals surface area contributed by atoms with Crippen molar-refractivity contribution < 1.29 is 0 Å². The Morgan fingerprint density at radius 1 is 1.53 bits per heavy atom. The number of hydrogen-bond acceptors (Lipinski definition) is 6. The van der Waals surface area contributed by atoms with Gasteiger partial charge in [0, 0.05) is 19.4 Å². The first-order valence-corrected chi connectivity index (χ1v) is 5.13. The Hall–Kier alpha value is -1.76. The molecule has 0 aromatic carbocycles. The van der Waals surface area contributed by atoms with Crippen LogP contribution in [0.15, 0.2) is 23.3 Å². The lowest BCUT2D eigenvalue weighted by Gasteiger charge is -1.98. The minimum Gasteiger partial charge on any atom is -0.363 e. The van der Waals surface area contributed by atoms with E-state index in [9.17, 15) is 4.79 Å². The van der Waals surface area contributed by atoms with Gasteiger partial charge in [0.1, 0.15) is 5.01 Å². The molecule has 2 rings (SSSR count). The average molecular weight is 223 g/mol. The highest BCUT2D eigenvalue weighted by Gasteiger charge is 2.04. The summed E-state index contributed by atoms with van der Waals surface area (Å²) in [6.45, 7) is 0.409. The van der Waals surface area contributed by atoms with Gasteiger partial charge in [-0.05, 0) is 6.07 Å². The van der Waals surface area contributed by atoms with Crippen molar-refractivity contribution in [3.8, 4) is 0 Å². The molecule has 2 heterocycles.